The van der Waals surface area contributed by atoms with Crippen LogP contribution in [0.1, 0.15) is 42.7 Å². The molecule has 0 radical (unpaired) electrons. The molecular formula is C19H26F3N5O7S. The third kappa shape index (κ3) is 7.62. The number of urea groups is 1. The fourth-order valence-electron chi connectivity index (χ4n) is 3.38. The van der Waals surface area contributed by atoms with Gasteiger partial charge in [0.1, 0.15) is 6.04 Å². The van der Waals surface area contributed by atoms with Gasteiger partial charge >= 0.3 is 18.1 Å². The first kappa shape index (κ1) is 26.8. The summed E-state index contributed by atoms with van der Waals surface area (Å²) < 4.78 is 72.5. The minimum atomic E-state index is -4.96. The third-order valence-corrected chi connectivity index (χ3v) is 7.27. The van der Waals surface area contributed by atoms with Gasteiger partial charge in [0.2, 0.25) is 17.5 Å². The Labute approximate surface area is 198 Å². The van der Waals surface area contributed by atoms with Crippen LogP contribution in [-0.4, -0.2) is 91.1 Å². The number of sulfone groups is 1. The van der Waals surface area contributed by atoms with E-state index in [0.717, 1.165) is 12.8 Å². The molecule has 1 saturated heterocycles. The Morgan fingerprint density at radius 2 is 1.80 bits per heavy atom. The lowest BCUT2D eigenvalue weighted by molar-refractivity contribution is -0.159. The normalized spacial score (nSPS) is 18.6. The van der Waals surface area contributed by atoms with E-state index in [0.29, 0.717) is 0 Å². The topological polar surface area (TPSA) is 161 Å². The van der Waals surface area contributed by atoms with Gasteiger partial charge in [-0.25, -0.2) is 13.2 Å². The quantitative estimate of drug-likeness (QED) is 0.412. The summed E-state index contributed by atoms with van der Waals surface area (Å²) in [4.78, 5) is 42.6. The first-order chi connectivity index (χ1) is 16.4. The van der Waals surface area contributed by atoms with Gasteiger partial charge in [0.05, 0.1) is 30.8 Å². The van der Waals surface area contributed by atoms with E-state index in [4.69, 9.17) is 4.74 Å². The molecule has 196 valence electrons. The second-order valence-electron chi connectivity index (χ2n) is 8.38. The second kappa shape index (κ2) is 10.9. The van der Waals surface area contributed by atoms with E-state index in [-0.39, 0.29) is 44.4 Å². The van der Waals surface area contributed by atoms with Gasteiger partial charge in [0.15, 0.2) is 9.84 Å². The number of rotatable bonds is 10. The standard InChI is InChI=1S/C19H26F3N5O7S/c1-2-12(14(28)15-25-17(34-26-15)19(20,21)22)23-16(29)13(10-35(31,32)9-11-3-4-11)24-18(30)27-5-7-33-8-6-27/h11-13H,2-10H2,1H3,(H,23,29)(H,24,30). The van der Waals surface area contributed by atoms with Crippen molar-refractivity contribution in [3.63, 3.8) is 0 Å². The average Bonchev–Trinajstić information content (AvgIpc) is 3.44. The summed E-state index contributed by atoms with van der Waals surface area (Å²) in [6.45, 7) is 2.51. The van der Waals surface area contributed by atoms with E-state index in [1.807, 2.05) is 0 Å². The summed E-state index contributed by atoms with van der Waals surface area (Å²) in [6.07, 6.45) is -3.51. The summed E-state index contributed by atoms with van der Waals surface area (Å²) in [5, 5.41) is 7.72. The Morgan fingerprint density at radius 3 is 2.34 bits per heavy atom. The molecule has 3 amide bonds. The number of amides is 3. The number of ketones is 1. The lowest BCUT2D eigenvalue weighted by Crippen LogP contribution is -2.57. The number of carbonyl (C=O) groups is 3. The van der Waals surface area contributed by atoms with Crippen LogP contribution in [0.2, 0.25) is 0 Å². The molecule has 1 aromatic rings. The highest BCUT2D eigenvalue weighted by molar-refractivity contribution is 7.91. The molecule has 1 aliphatic heterocycles. The maximum atomic E-state index is 13.0. The smallest absolute Gasteiger partial charge is 0.378 e. The fraction of sp³-hybridized carbons (Fsp3) is 0.737. The number of ether oxygens (including phenoxy) is 1. The fourth-order valence-corrected chi connectivity index (χ4v) is 5.31. The van der Waals surface area contributed by atoms with Gasteiger partial charge in [0, 0.05) is 13.1 Å². The summed E-state index contributed by atoms with van der Waals surface area (Å²) >= 11 is 0. The Hall–Kier alpha value is -2.75. The van der Waals surface area contributed by atoms with Gasteiger partial charge in [-0.3, -0.25) is 9.59 Å². The molecule has 0 spiro atoms. The summed E-state index contributed by atoms with van der Waals surface area (Å²) in [5.41, 5.74) is 0. The number of hydrogen-bond donors (Lipinski definition) is 2. The summed E-state index contributed by atoms with van der Waals surface area (Å²) in [6, 6.07) is -3.59. The largest absolute Gasteiger partial charge is 0.471 e. The predicted octanol–water partition coefficient (Wildman–Crippen LogP) is 0.401. The van der Waals surface area contributed by atoms with Crippen LogP contribution < -0.4 is 10.6 Å². The number of morpholine rings is 1. The van der Waals surface area contributed by atoms with Crippen molar-refractivity contribution in [3.8, 4) is 0 Å². The van der Waals surface area contributed by atoms with Gasteiger partial charge in [0.25, 0.3) is 0 Å². The van der Waals surface area contributed by atoms with E-state index >= 15 is 0 Å². The second-order valence-corrected chi connectivity index (χ2v) is 10.5. The first-order valence-electron chi connectivity index (χ1n) is 11.0. The Morgan fingerprint density at radius 1 is 1.14 bits per heavy atom. The molecule has 1 saturated carbocycles. The molecule has 16 heteroatoms. The lowest BCUT2D eigenvalue weighted by Gasteiger charge is -2.29. The van der Waals surface area contributed by atoms with Crippen LogP contribution in [0.15, 0.2) is 4.52 Å². The number of hydrogen-bond acceptors (Lipinski definition) is 9. The van der Waals surface area contributed by atoms with Crippen LogP contribution in [0.25, 0.3) is 0 Å². The maximum Gasteiger partial charge on any atom is 0.471 e. The van der Waals surface area contributed by atoms with Crippen molar-refractivity contribution in [3.05, 3.63) is 11.7 Å². The Balaban J connectivity index is 1.73. The van der Waals surface area contributed by atoms with E-state index in [1.54, 1.807) is 0 Å². The summed E-state index contributed by atoms with van der Waals surface area (Å²) in [5.74, 6) is -5.47. The molecule has 0 aromatic carbocycles. The minimum absolute atomic E-state index is 0.00434. The SMILES string of the molecule is CCC(NC(=O)C(CS(=O)(=O)CC1CC1)NC(=O)N1CCOCC1)C(=O)c1noc(C(F)(F)F)n1. The molecule has 2 atom stereocenters. The minimum Gasteiger partial charge on any atom is -0.378 e. The lowest BCUT2D eigenvalue weighted by atomic mass is 10.1. The van der Waals surface area contributed by atoms with Crippen molar-refractivity contribution in [1.29, 1.82) is 0 Å². The molecule has 2 fully saturated rings. The van der Waals surface area contributed by atoms with Crippen LogP contribution >= 0.6 is 0 Å². The summed E-state index contributed by atoms with van der Waals surface area (Å²) in [7, 11) is -3.74. The molecule has 2 unspecified atom stereocenters. The highest BCUT2D eigenvalue weighted by Gasteiger charge is 2.40. The molecule has 2 heterocycles. The van der Waals surface area contributed by atoms with Crippen LogP contribution in [0.4, 0.5) is 18.0 Å². The van der Waals surface area contributed by atoms with Gasteiger partial charge in [-0.15, -0.1) is 0 Å². The number of alkyl halides is 3. The van der Waals surface area contributed by atoms with Gasteiger partial charge in [-0.05, 0) is 25.2 Å². The molecule has 2 N–H and O–H groups in total. The van der Waals surface area contributed by atoms with Crippen molar-refractivity contribution < 1.29 is 45.2 Å². The number of nitrogens with one attached hydrogen (secondary N) is 2. The van der Waals surface area contributed by atoms with E-state index in [2.05, 4.69) is 25.3 Å². The van der Waals surface area contributed by atoms with Crippen molar-refractivity contribution in [2.75, 3.05) is 37.8 Å². The number of nitrogens with zero attached hydrogens (tertiary/aromatic N) is 3. The molecule has 2 aliphatic rings. The molecule has 1 aromatic heterocycles. The maximum absolute atomic E-state index is 13.0. The van der Waals surface area contributed by atoms with Crippen molar-refractivity contribution in [2.45, 2.75) is 44.4 Å². The van der Waals surface area contributed by atoms with Crippen molar-refractivity contribution in [2.24, 2.45) is 5.92 Å². The van der Waals surface area contributed by atoms with Gasteiger partial charge in [-0.1, -0.05) is 12.1 Å². The van der Waals surface area contributed by atoms with E-state index in [1.165, 1.54) is 11.8 Å². The Bertz CT molecular complexity index is 1040. The Kier molecular flexibility index (Phi) is 8.35. The highest BCUT2D eigenvalue weighted by atomic mass is 32.2. The zero-order valence-corrected chi connectivity index (χ0v) is 19.7. The third-order valence-electron chi connectivity index (χ3n) is 5.45. The van der Waals surface area contributed by atoms with E-state index in [9.17, 15) is 36.0 Å². The number of halogens is 3. The van der Waals surface area contributed by atoms with Crippen molar-refractivity contribution >= 4 is 27.6 Å². The predicted molar refractivity (Wildman–Crippen MR) is 112 cm³/mol. The van der Waals surface area contributed by atoms with Crippen LogP contribution in [0, 0.1) is 5.92 Å². The zero-order chi connectivity index (χ0) is 25.8. The zero-order valence-electron chi connectivity index (χ0n) is 18.8. The number of carbonyl (C=O) groups excluding carboxylic acids is 3. The van der Waals surface area contributed by atoms with Crippen LogP contribution in [-0.2, 0) is 25.5 Å². The molecule has 1 aliphatic carbocycles. The number of aromatic nitrogens is 2. The van der Waals surface area contributed by atoms with Gasteiger partial charge < -0.3 is 24.8 Å². The van der Waals surface area contributed by atoms with Crippen molar-refractivity contribution in [1.82, 2.24) is 25.7 Å². The number of Topliss-reactive ketones (excluding diaryl/α,β-unsaturated/α-hetero) is 1. The molecule has 3 rings (SSSR count). The average molecular weight is 526 g/mol. The van der Waals surface area contributed by atoms with E-state index < -0.39 is 63.3 Å². The molecular weight excluding hydrogens is 499 g/mol. The van der Waals surface area contributed by atoms with Gasteiger partial charge in [-0.2, -0.15) is 18.2 Å². The van der Waals surface area contributed by atoms with Crippen LogP contribution in [0.3, 0.4) is 0 Å². The highest BCUT2D eigenvalue weighted by Crippen LogP contribution is 2.30. The van der Waals surface area contributed by atoms with Crippen LogP contribution in [0.5, 0.6) is 0 Å². The molecule has 0 bridgehead atoms. The molecule has 12 nitrogen and oxygen atoms in total. The monoisotopic (exact) mass is 525 g/mol. The first-order valence-corrected chi connectivity index (χ1v) is 12.8. The molecule has 35 heavy (non-hydrogen) atoms.